The van der Waals surface area contributed by atoms with Crippen molar-refractivity contribution in [2.24, 2.45) is 0 Å². The van der Waals surface area contributed by atoms with Crippen LogP contribution < -0.4 is 11.1 Å². The van der Waals surface area contributed by atoms with Crippen molar-refractivity contribution in [3.63, 3.8) is 0 Å². The van der Waals surface area contributed by atoms with Gasteiger partial charge in [0.15, 0.2) is 0 Å². The van der Waals surface area contributed by atoms with Crippen LogP contribution >= 0.6 is 11.5 Å². The highest BCUT2D eigenvalue weighted by atomic mass is 32.1. The number of nitrogens with zero attached hydrogens (tertiary/aromatic N) is 2. The molecule has 0 radical (unpaired) electrons. The van der Waals surface area contributed by atoms with Crippen molar-refractivity contribution in [3.05, 3.63) is 40.4 Å². The van der Waals surface area contributed by atoms with Gasteiger partial charge in [0, 0.05) is 5.69 Å². The Morgan fingerprint density at radius 3 is 2.78 bits per heavy atom. The third kappa shape index (κ3) is 2.48. The quantitative estimate of drug-likeness (QED) is 0.828. The monoisotopic (exact) mass is 262 g/mol. The van der Waals surface area contributed by atoms with Crippen LogP contribution in [0.2, 0.25) is 0 Å². The topological polar surface area (TPSA) is 80.9 Å². The molecular formula is C12H14N4OS. The Bertz CT molecular complexity index is 567. The van der Waals surface area contributed by atoms with Crippen molar-refractivity contribution < 1.29 is 4.79 Å². The number of hydrogen-bond donors (Lipinski definition) is 2. The Morgan fingerprint density at radius 2 is 2.17 bits per heavy atom. The van der Waals surface area contributed by atoms with E-state index in [1.54, 1.807) is 6.92 Å². The molecule has 1 unspecified atom stereocenters. The Hall–Kier alpha value is -1.95. The number of hydrogen-bond acceptors (Lipinski definition) is 5. The van der Waals surface area contributed by atoms with Gasteiger partial charge in [0.1, 0.15) is 4.88 Å². The van der Waals surface area contributed by atoms with Gasteiger partial charge < -0.3 is 11.1 Å². The summed E-state index contributed by atoms with van der Waals surface area (Å²) in [5.41, 5.74) is 8.09. The molecule has 2 aromatic rings. The SMILES string of the molecule is Cc1nnsc1C(=O)NC(C)c1ccccc1N. The fourth-order valence-electron chi connectivity index (χ4n) is 1.68. The van der Waals surface area contributed by atoms with E-state index >= 15 is 0 Å². The van der Waals surface area contributed by atoms with Crippen LogP contribution in [0.3, 0.4) is 0 Å². The van der Waals surface area contributed by atoms with E-state index in [-0.39, 0.29) is 11.9 Å². The van der Waals surface area contributed by atoms with E-state index in [0.717, 1.165) is 17.1 Å². The highest BCUT2D eigenvalue weighted by Crippen LogP contribution is 2.20. The number of aromatic nitrogens is 2. The summed E-state index contributed by atoms with van der Waals surface area (Å²) < 4.78 is 3.75. The first-order valence-electron chi connectivity index (χ1n) is 5.54. The van der Waals surface area contributed by atoms with Gasteiger partial charge in [0.2, 0.25) is 0 Å². The van der Waals surface area contributed by atoms with Crippen LogP contribution in [0.5, 0.6) is 0 Å². The van der Waals surface area contributed by atoms with Gasteiger partial charge in [0.05, 0.1) is 11.7 Å². The smallest absolute Gasteiger partial charge is 0.265 e. The van der Waals surface area contributed by atoms with Gasteiger partial charge in [-0.1, -0.05) is 22.7 Å². The lowest BCUT2D eigenvalue weighted by molar-refractivity contribution is 0.0943. The van der Waals surface area contributed by atoms with Crippen molar-refractivity contribution in [1.29, 1.82) is 0 Å². The lowest BCUT2D eigenvalue weighted by Crippen LogP contribution is -2.27. The maximum atomic E-state index is 12.0. The number of carbonyl (C=O) groups excluding carboxylic acids is 1. The molecule has 5 nitrogen and oxygen atoms in total. The summed E-state index contributed by atoms with van der Waals surface area (Å²) in [5, 5.41) is 6.71. The molecule has 0 aliphatic carbocycles. The summed E-state index contributed by atoms with van der Waals surface area (Å²) in [6.45, 7) is 3.66. The van der Waals surface area contributed by atoms with Crippen molar-refractivity contribution in [2.45, 2.75) is 19.9 Å². The lowest BCUT2D eigenvalue weighted by atomic mass is 10.1. The minimum atomic E-state index is -0.168. The van der Waals surface area contributed by atoms with Gasteiger partial charge in [-0.15, -0.1) is 5.10 Å². The number of rotatable bonds is 3. The number of nitrogen functional groups attached to an aromatic ring is 1. The van der Waals surface area contributed by atoms with E-state index < -0.39 is 0 Å². The minimum Gasteiger partial charge on any atom is -0.398 e. The second-order valence-electron chi connectivity index (χ2n) is 4.01. The first-order chi connectivity index (χ1) is 8.59. The number of carbonyl (C=O) groups is 1. The molecule has 18 heavy (non-hydrogen) atoms. The summed E-state index contributed by atoms with van der Waals surface area (Å²) in [7, 11) is 0. The number of anilines is 1. The molecule has 94 valence electrons. The summed E-state index contributed by atoms with van der Waals surface area (Å²) in [4.78, 5) is 12.5. The highest BCUT2D eigenvalue weighted by molar-refractivity contribution is 7.08. The molecule has 1 atom stereocenters. The third-order valence-electron chi connectivity index (χ3n) is 2.67. The molecule has 1 aromatic heterocycles. The van der Waals surface area contributed by atoms with Gasteiger partial charge in [-0.2, -0.15) is 0 Å². The molecule has 1 heterocycles. The molecule has 0 saturated carbocycles. The molecule has 0 spiro atoms. The number of nitrogens with two attached hydrogens (primary N) is 1. The number of benzene rings is 1. The van der Waals surface area contributed by atoms with Crippen LogP contribution in [0.4, 0.5) is 5.69 Å². The van der Waals surface area contributed by atoms with Gasteiger partial charge in [-0.25, -0.2) is 0 Å². The minimum absolute atomic E-state index is 0.153. The molecule has 2 rings (SSSR count). The molecule has 3 N–H and O–H groups in total. The molecule has 6 heteroatoms. The van der Waals surface area contributed by atoms with E-state index in [9.17, 15) is 4.79 Å². The maximum absolute atomic E-state index is 12.0. The second kappa shape index (κ2) is 5.14. The standard InChI is InChI=1S/C12H14N4OS/c1-7(9-5-3-4-6-10(9)13)14-12(17)11-8(2)15-16-18-11/h3-7H,13H2,1-2H3,(H,14,17). The molecule has 1 aromatic carbocycles. The largest absolute Gasteiger partial charge is 0.398 e. The van der Waals surface area contributed by atoms with Gasteiger partial charge in [-0.3, -0.25) is 4.79 Å². The van der Waals surface area contributed by atoms with Crippen LogP contribution in [-0.4, -0.2) is 15.5 Å². The first-order valence-corrected chi connectivity index (χ1v) is 6.31. The number of aryl methyl sites for hydroxylation is 1. The van der Waals surface area contributed by atoms with Crippen molar-refractivity contribution in [1.82, 2.24) is 14.9 Å². The first kappa shape index (κ1) is 12.5. The zero-order valence-corrected chi connectivity index (χ0v) is 11.0. The van der Waals surface area contributed by atoms with Crippen LogP contribution in [0.25, 0.3) is 0 Å². The van der Waals surface area contributed by atoms with Crippen LogP contribution in [0.15, 0.2) is 24.3 Å². The summed E-state index contributed by atoms with van der Waals surface area (Å²) in [6.07, 6.45) is 0. The van der Waals surface area contributed by atoms with E-state index in [1.165, 1.54) is 0 Å². The molecule has 0 aliphatic heterocycles. The summed E-state index contributed by atoms with van der Waals surface area (Å²) >= 11 is 1.09. The molecule has 1 amide bonds. The predicted molar refractivity (Wildman–Crippen MR) is 71.4 cm³/mol. The number of amides is 1. The normalized spacial score (nSPS) is 12.1. The molecular weight excluding hydrogens is 248 g/mol. The zero-order valence-electron chi connectivity index (χ0n) is 10.2. The Labute approximate surface area is 109 Å². The number of nitrogens with one attached hydrogen (secondary N) is 1. The van der Waals surface area contributed by atoms with Crippen molar-refractivity contribution in [3.8, 4) is 0 Å². The van der Waals surface area contributed by atoms with E-state index in [0.29, 0.717) is 16.3 Å². The van der Waals surface area contributed by atoms with Crippen LogP contribution in [-0.2, 0) is 0 Å². The predicted octanol–water partition coefficient (Wildman–Crippen LogP) is 1.92. The lowest BCUT2D eigenvalue weighted by Gasteiger charge is -2.15. The molecule has 0 bridgehead atoms. The summed E-state index contributed by atoms with van der Waals surface area (Å²) in [6, 6.07) is 7.33. The average Bonchev–Trinajstić information content (AvgIpc) is 2.76. The average molecular weight is 262 g/mol. The van der Waals surface area contributed by atoms with Crippen molar-refractivity contribution in [2.75, 3.05) is 5.73 Å². The van der Waals surface area contributed by atoms with E-state index in [4.69, 9.17) is 5.73 Å². The number of para-hydroxylation sites is 1. The Morgan fingerprint density at radius 1 is 1.44 bits per heavy atom. The van der Waals surface area contributed by atoms with Crippen LogP contribution in [0, 0.1) is 6.92 Å². The maximum Gasteiger partial charge on any atom is 0.265 e. The zero-order chi connectivity index (χ0) is 13.1. The molecule has 0 saturated heterocycles. The molecule has 0 fully saturated rings. The molecule has 0 aliphatic rings. The van der Waals surface area contributed by atoms with E-state index in [1.807, 2.05) is 31.2 Å². The second-order valence-corrected chi connectivity index (χ2v) is 4.77. The fraction of sp³-hybridized carbons (Fsp3) is 0.250. The fourth-order valence-corrected chi connectivity index (χ4v) is 2.24. The Balaban J connectivity index is 2.13. The van der Waals surface area contributed by atoms with Gasteiger partial charge in [0.25, 0.3) is 5.91 Å². The highest BCUT2D eigenvalue weighted by Gasteiger charge is 2.17. The van der Waals surface area contributed by atoms with Gasteiger partial charge in [-0.05, 0) is 37.0 Å². The third-order valence-corrected chi connectivity index (χ3v) is 3.49. The Kier molecular flexibility index (Phi) is 3.57. The van der Waals surface area contributed by atoms with Crippen molar-refractivity contribution >= 4 is 23.1 Å². The summed E-state index contributed by atoms with van der Waals surface area (Å²) in [5.74, 6) is -0.168. The van der Waals surface area contributed by atoms with E-state index in [2.05, 4.69) is 14.9 Å². The van der Waals surface area contributed by atoms with Gasteiger partial charge >= 0.3 is 0 Å². The van der Waals surface area contributed by atoms with Crippen LogP contribution in [0.1, 0.15) is 33.9 Å².